The Hall–Kier alpha value is -0.870. The lowest BCUT2D eigenvalue weighted by atomic mass is 9.55. The summed E-state index contributed by atoms with van der Waals surface area (Å²) in [4.78, 5) is 18.1. The van der Waals surface area contributed by atoms with Crippen molar-refractivity contribution in [2.24, 2.45) is 23.2 Å². The molecule has 5 rings (SSSR count). The van der Waals surface area contributed by atoms with Gasteiger partial charge >= 0.3 is 5.97 Å². The molecule has 4 heteroatoms. The number of carbonyl (C=O) groups is 1. The minimum Gasteiger partial charge on any atom is -0.462 e. The number of likely N-dealkylation sites (tertiary alicyclic amines) is 2. The molecule has 2 aliphatic carbocycles. The maximum atomic E-state index is 12.8. The van der Waals surface area contributed by atoms with Gasteiger partial charge in [0.05, 0.1) is 5.92 Å². The normalized spacial score (nSPS) is 42.4. The van der Waals surface area contributed by atoms with Crippen LogP contribution in [0.2, 0.25) is 0 Å². The lowest BCUT2D eigenvalue weighted by Crippen LogP contribution is -2.49. The van der Waals surface area contributed by atoms with Gasteiger partial charge in [-0.1, -0.05) is 25.5 Å². The Morgan fingerprint density at radius 2 is 1.86 bits per heavy atom. The second-order valence-corrected chi connectivity index (χ2v) is 11.0. The molecule has 0 aromatic heterocycles. The standard InChI is InChI=1S/C25H40N2O2/c1-18-7-6-10-25(2)16-23-20(15-22(18)25)21(24(28)29-23)17-26-13-8-19(9-14-26)27-11-4-3-5-12-27/h19-23H,1,3-17H2,2H3. The second-order valence-electron chi connectivity index (χ2n) is 11.0. The summed E-state index contributed by atoms with van der Waals surface area (Å²) in [5.74, 6) is 1.19. The first-order valence-electron chi connectivity index (χ1n) is 12.4. The van der Waals surface area contributed by atoms with Crippen molar-refractivity contribution in [1.29, 1.82) is 0 Å². The number of hydrogen-bond donors (Lipinski definition) is 0. The number of ether oxygens (including phenoxy) is 1. The van der Waals surface area contributed by atoms with Crippen LogP contribution in [-0.4, -0.2) is 60.6 Å². The van der Waals surface area contributed by atoms with Crippen molar-refractivity contribution < 1.29 is 9.53 Å². The van der Waals surface area contributed by atoms with Gasteiger partial charge in [0.1, 0.15) is 6.10 Å². The van der Waals surface area contributed by atoms with Gasteiger partial charge in [-0.05, 0) is 95.3 Å². The molecule has 5 fully saturated rings. The van der Waals surface area contributed by atoms with Crippen LogP contribution in [0.3, 0.4) is 0 Å². The molecular formula is C25H40N2O2. The molecule has 3 aliphatic heterocycles. The highest BCUT2D eigenvalue weighted by Crippen LogP contribution is 2.57. The lowest BCUT2D eigenvalue weighted by Gasteiger charge is -2.50. The number of allylic oxidation sites excluding steroid dienone is 1. The Bertz CT molecular complexity index is 635. The van der Waals surface area contributed by atoms with Gasteiger partial charge in [-0.3, -0.25) is 4.79 Å². The largest absolute Gasteiger partial charge is 0.462 e. The van der Waals surface area contributed by atoms with E-state index in [2.05, 4.69) is 23.3 Å². The first-order chi connectivity index (χ1) is 14.0. The first-order valence-corrected chi connectivity index (χ1v) is 12.4. The van der Waals surface area contributed by atoms with E-state index in [-0.39, 0.29) is 18.0 Å². The highest BCUT2D eigenvalue weighted by Gasteiger charge is 2.55. The first kappa shape index (κ1) is 20.1. The number of carbonyl (C=O) groups excluding carboxylic acids is 1. The number of esters is 1. The predicted octanol–water partition coefficient (Wildman–Crippen LogP) is 4.25. The monoisotopic (exact) mass is 400 g/mol. The SMILES string of the molecule is C=C1CCCC2(C)CC3OC(=O)C(CN4CCC(N5CCCCC5)CC4)C3CC12. The average molecular weight is 401 g/mol. The van der Waals surface area contributed by atoms with E-state index in [1.54, 1.807) is 0 Å². The van der Waals surface area contributed by atoms with Gasteiger partial charge in [-0.2, -0.15) is 0 Å². The molecule has 0 radical (unpaired) electrons. The van der Waals surface area contributed by atoms with E-state index in [0.29, 0.717) is 17.3 Å². The zero-order valence-electron chi connectivity index (χ0n) is 18.4. The van der Waals surface area contributed by atoms with Crippen molar-refractivity contribution in [3.8, 4) is 0 Å². The summed E-state index contributed by atoms with van der Waals surface area (Å²) in [6.07, 6.45) is 12.8. The Labute approximate surface area is 177 Å². The molecule has 0 amide bonds. The van der Waals surface area contributed by atoms with Crippen molar-refractivity contribution in [2.75, 3.05) is 32.7 Å². The molecule has 0 aromatic rings. The van der Waals surface area contributed by atoms with Crippen LogP contribution in [0.1, 0.15) is 71.1 Å². The van der Waals surface area contributed by atoms with Crippen LogP contribution in [0.15, 0.2) is 12.2 Å². The van der Waals surface area contributed by atoms with E-state index in [9.17, 15) is 4.79 Å². The summed E-state index contributed by atoms with van der Waals surface area (Å²) in [5.41, 5.74) is 1.75. The van der Waals surface area contributed by atoms with Crippen LogP contribution in [0, 0.1) is 23.2 Å². The van der Waals surface area contributed by atoms with E-state index in [4.69, 9.17) is 4.74 Å². The number of fused-ring (bicyclic) bond motifs is 2. The molecule has 29 heavy (non-hydrogen) atoms. The minimum atomic E-state index is 0.0887. The van der Waals surface area contributed by atoms with Crippen LogP contribution in [0.25, 0.3) is 0 Å². The molecule has 5 aliphatic rings. The third-order valence-corrected chi connectivity index (χ3v) is 9.24. The Balaban J connectivity index is 1.20. The Morgan fingerprint density at radius 1 is 1.10 bits per heavy atom. The fourth-order valence-corrected chi connectivity index (χ4v) is 7.49. The predicted molar refractivity (Wildman–Crippen MR) is 116 cm³/mol. The van der Waals surface area contributed by atoms with Crippen molar-refractivity contribution in [1.82, 2.24) is 9.80 Å². The molecule has 0 spiro atoms. The number of piperidine rings is 2. The molecular weight excluding hydrogens is 360 g/mol. The molecule has 3 saturated heterocycles. The van der Waals surface area contributed by atoms with Gasteiger partial charge in [-0.15, -0.1) is 0 Å². The third-order valence-electron chi connectivity index (χ3n) is 9.24. The van der Waals surface area contributed by atoms with Gasteiger partial charge in [0.15, 0.2) is 0 Å². The van der Waals surface area contributed by atoms with Crippen LogP contribution < -0.4 is 0 Å². The quantitative estimate of drug-likeness (QED) is 0.524. The average Bonchev–Trinajstić information content (AvgIpc) is 3.01. The summed E-state index contributed by atoms with van der Waals surface area (Å²) in [5, 5.41) is 0. The van der Waals surface area contributed by atoms with Crippen LogP contribution in [-0.2, 0) is 9.53 Å². The summed E-state index contributed by atoms with van der Waals surface area (Å²) in [7, 11) is 0. The highest BCUT2D eigenvalue weighted by atomic mass is 16.6. The van der Waals surface area contributed by atoms with Crippen LogP contribution in [0.5, 0.6) is 0 Å². The summed E-state index contributed by atoms with van der Waals surface area (Å²) < 4.78 is 5.98. The maximum absolute atomic E-state index is 12.8. The molecule has 2 saturated carbocycles. The van der Waals surface area contributed by atoms with Gasteiger partial charge in [-0.25, -0.2) is 0 Å². The maximum Gasteiger partial charge on any atom is 0.310 e. The fraction of sp³-hybridized carbons (Fsp3) is 0.880. The van der Waals surface area contributed by atoms with Gasteiger partial charge in [0.25, 0.3) is 0 Å². The third kappa shape index (κ3) is 3.80. The molecule has 162 valence electrons. The van der Waals surface area contributed by atoms with E-state index in [1.807, 2.05) is 0 Å². The van der Waals surface area contributed by atoms with Gasteiger partial charge < -0.3 is 14.5 Å². The molecule has 5 unspecified atom stereocenters. The van der Waals surface area contributed by atoms with Crippen molar-refractivity contribution in [3.05, 3.63) is 12.2 Å². The number of nitrogens with zero attached hydrogens (tertiary/aromatic N) is 2. The van der Waals surface area contributed by atoms with E-state index < -0.39 is 0 Å². The van der Waals surface area contributed by atoms with E-state index >= 15 is 0 Å². The Morgan fingerprint density at radius 3 is 2.62 bits per heavy atom. The number of rotatable bonds is 3. The second kappa shape index (κ2) is 8.00. The van der Waals surface area contributed by atoms with Gasteiger partial charge in [0.2, 0.25) is 0 Å². The van der Waals surface area contributed by atoms with E-state index in [0.717, 1.165) is 38.5 Å². The molecule has 0 bridgehead atoms. The van der Waals surface area contributed by atoms with E-state index in [1.165, 1.54) is 70.0 Å². The molecule has 0 N–H and O–H groups in total. The van der Waals surface area contributed by atoms with Crippen molar-refractivity contribution in [2.45, 2.75) is 83.3 Å². The minimum absolute atomic E-state index is 0.0887. The lowest BCUT2D eigenvalue weighted by molar-refractivity contribution is -0.146. The molecule has 3 heterocycles. The zero-order chi connectivity index (χ0) is 20.0. The molecule has 5 atom stereocenters. The molecule has 0 aromatic carbocycles. The van der Waals surface area contributed by atoms with Gasteiger partial charge in [0, 0.05) is 18.5 Å². The fourth-order valence-electron chi connectivity index (χ4n) is 7.49. The summed E-state index contributed by atoms with van der Waals surface area (Å²) in [6, 6.07) is 0.774. The zero-order valence-corrected chi connectivity index (χ0v) is 18.4. The Kier molecular flexibility index (Phi) is 5.53. The summed E-state index contributed by atoms with van der Waals surface area (Å²) in [6.45, 7) is 12.7. The number of hydrogen-bond acceptors (Lipinski definition) is 4. The smallest absolute Gasteiger partial charge is 0.310 e. The molecule has 4 nitrogen and oxygen atoms in total. The highest BCUT2D eigenvalue weighted by molar-refractivity contribution is 5.75. The van der Waals surface area contributed by atoms with Crippen molar-refractivity contribution in [3.63, 3.8) is 0 Å². The van der Waals surface area contributed by atoms with Crippen LogP contribution >= 0.6 is 0 Å². The topological polar surface area (TPSA) is 32.8 Å². The summed E-state index contributed by atoms with van der Waals surface area (Å²) >= 11 is 0. The van der Waals surface area contributed by atoms with Crippen molar-refractivity contribution >= 4 is 5.97 Å². The van der Waals surface area contributed by atoms with Crippen LogP contribution in [0.4, 0.5) is 0 Å².